The normalized spacial score (nSPS) is 26.8. The number of carboxylic acid groups (broad SMARTS) is 1. The van der Waals surface area contributed by atoms with Crippen LogP contribution in [0.25, 0.3) is 0 Å². The van der Waals surface area contributed by atoms with Crippen LogP contribution in [0.1, 0.15) is 25.7 Å². The van der Waals surface area contributed by atoms with E-state index in [1.807, 2.05) is 6.08 Å². The Labute approximate surface area is 95.7 Å². The number of hydrogen-bond acceptors (Lipinski definition) is 1. The Bertz CT molecular complexity index is 235. The molecule has 0 bridgehead atoms. The zero-order valence-corrected chi connectivity index (χ0v) is 9.78. The molecule has 3 nitrogen and oxygen atoms in total. The lowest BCUT2D eigenvalue weighted by atomic mass is 9.85. The maximum absolute atomic E-state index is 10.7. The SMILES string of the molecule is CN(C(=O)O)C1CCC(C=CCCl)CC1. The van der Waals surface area contributed by atoms with Crippen LogP contribution in [0.15, 0.2) is 12.2 Å². The summed E-state index contributed by atoms with van der Waals surface area (Å²) in [4.78, 5) is 12.2. The van der Waals surface area contributed by atoms with Gasteiger partial charge in [-0.2, -0.15) is 0 Å². The number of allylic oxidation sites excluding steroid dienone is 2. The van der Waals surface area contributed by atoms with Gasteiger partial charge < -0.3 is 10.0 Å². The van der Waals surface area contributed by atoms with E-state index in [1.165, 1.54) is 4.90 Å². The molecule has 1 fully saturated rings. The third-order valence-electron chi connectivity index (χ3n) is 3.09. The smallest absolute Gasteiger partial charge is 0.407 e. The van der Waals surface area contributed by atoms with Crippen LogP contribution in [0.5, 0.6) is 0 Å². The molecule has 0 aromatic rings. The molecule has 0 atom stereocenters. The maximum atomic E-state index is 10.7. The molecule has 0 aromatic heterocycles. The predicted octanol–water partition coefficient (Wildman–Crippen LogP) is 2.95. The summed E-state index contributed by atoms with van der Waals surface area (Å²) in [5, 5.41) is 8.84. The Kier molecular flexibility index (Phi) is 4.95. The molecule has 1 saturated carbocycles. The van der Waals surface area contributed by atoms with Crippen LogP contribution in [0, 0.1) is 5.92 Å². The number of nitrogens with zero attached hydrogens (tertiary/aromatic N) is 1. The van der Waals surface area contributed by atoms with Crippen LogP contribution in [0.4, 0.5) is 4.79 Å². The number of alkyl halides is 1. The van der Waals surface area contributed by atoms with Gasteiger partial charge in [0.05, 0.1) is 0 Å². The van der Waals surface area contributed by atoms with Gasteiger partial charge in [-0.05, 0) is 31.6 Å². The minimum atomic E-state index is -0.824. The Morgan fingerprint density at radius 2 is 2.07 bits per heavy atom. The van der Waals surface area contributed by atoms with Crippen molar-refractivity contribution in [2.75, 3.05) is 12.9 Å². The van der Waals surface area contributed by atoms with Gasteiger partial charge in [0, 0.05) is 19.0 Å². The van der Waals surface area contributed by atoms with E-state index in [0.717, 1.165) is 25.7 Å². The summed E-state index contributed by atoms with van der Waals surface area (Å²) in [5.41, 5.74) is 0. The van der Waals surface area contributed by atoms with Crippen LogP contribution in [-0.2, 0) is 0 Å². The summed E-state index contributed by atoms with van der Waals surface area (Å²) in [5.74, 6) is 1.15. The van der Waals surface area contributed by atoms with E-state index in [1.54, 1.807) is 7.05 Å². The number of hydrogen-bond donors (Lipinski definition) is 1. The highest BCUT2D eigenvalue weighted by Crippen LogP contribution is 2.27. The Balaban J connectivity index is 2.35. The van der Waals surface area contributed by atoms with Crippen LogP contribution >= 0.6 is 11.6 Å². The quantitative estimate of drug-likeness (QED) is 0.599. The molecule has 0 heterocycles. The first-order valence-electron chi connectivity index (χ1n) is 5.33. The van der Waals surface area contributed by atoms with Crippen molar-refractivity contribution in [3.05, 3.63) is 12.2 Å². The van der Waals surface area contributed by atoms with E-state index < -0.39 is 6.09 Å². The average molecular weight is 232 g/mol. The highest BCUT2D eigenvalue weighted by molar-refractivity contribution is 6.18. The van der Waals surface area contributed by atoms with Gasteiger partial charge in [0.25, 0.3) is 0 Å². The van der Waals surface area contributed by atoms with E-state index in [0.29, 0.717) is 11.8 Å². The fourth-order valence-electron chi connectivity index (χ4n) is 2.08. The second-order valence-electron chi connectivity index (χ2n) is 4.04. The lowest BCUT2D eigenvalue weighted by Crippen LogP contribution is -2.38. The summed E-state index contributed by atoms with van der Waals surface area (Å²) >= 11 is 5.57. The molecule has 0 unspecified atom stereocenters. The lowest BCUT2D eigenvalue weighted by Gasteiger charge is -2.32. The lowest BCUT2D eigenvalue weighted by molar-refractivity contribution is 0.122. The maximum Gasteiger partial charge on any atom is 0.407 e. The number of halogens is 1. The molecule has 4 heteroatoms. The molecule has 0 radical (unpaired) electrons. The Morgan fingerprint density at radius 1 is 1.47 bits per heavy atom. The molecule has 0 saturated heterocycles. The average Bonchev–Trinajstić information content (AvgIpc) is 2.26. The summed E-state index contributed by atoms with van der Waals surface area (Å²) in [6.07, 6.45) is 7.36. The largest absolute Gasteiger partial charge is 0.465 e. The zero-order chi connectivity index (χ0) is 11.3. The topological polar surface area (TPSA) is 40.5 Å². The highest BCUT2D eigenvalue weighted by Gasteiger charge is 2.24. The number of amides is 1. The van der Waals surface area contributed by atoms with Gasteiger partial charge in [-0.25, -0.2) is 4.79 Å². The van der Waals surface area contributed by atoms with Gasteiger partial charge >= 0.3 is 6.09 Å². The van der Waals surface area contributed by atoms with E-state index in [2.05, 4.69) is 6.08 Å². The molecule has 1 N–H and O–H groups in total. The van der Waals surface area contributed by atoms with Gasteiger partial charge in [0.15, 0.2) is 0 Å². The fraction of sp³-hybridized carbons (Fsp3) is 0.727. The molecular weight excluding hydrogens is 214 g/mol. The van der Waals surface area contributed by atoms with Crippen molar-refractivity contribution in [3.63, 3.8) is 0 Å². The summed E-state index contributed by atoms with van der Waals surface area (Å²) in [7, 11) is 1.65. The van der Waals surface area contributed by atoms with Crippen molar-refractivity contribution < 1.29 is 9.90 Å². The first kappa shape index (κ1) is 12.4. The molecule has 1 rings (SSSR count). The van der Waals surface area contributed by atoms with Crippen molar-refractivity contribution in [1.82, 2.24) is 4.90 Å². The van der Waals surface area contributed by atoms with Crippen LogP contribution in [-0.4, -0.2) is 35.1 Å². The summed E-state index contributed by atoms with van der Waals surface area (Å²) < 4.78 is 0. The van der Waals surface area contributed by atoms with E-state index in [4.69, 9.17) is 16.7 Å². The molecule has 0 spiro atoms. The predicted molar refractivity (Wildman–Crippen MR) is 61.4 cm³/mol. The van der Waals surface area contributed by atoms with E-state index in [9.17, 15) is 4.79 Å². The van der Waals surface area contributed by atoms with Crippen LogP contribution in [0.3, 0.4) is 0 Å². The van der Waals surface area contributed by atoms with Gasteiger partial charge in [0.2, 0.25) is 0 Å². The van der Waals surface area contributed by atoms with Crippen molar-refractivity contribution >= 4 is 17.7 Å². The van der Waals surface area contributed by atoms with Crippen LogP contribution in [0.2, 0.25) is 0 Å². The third kappa shape index (κ3) is 3.74. The highest BCUT2D eigenvalue weighted by atomic mass is 35.5. The van der Waals surface area contributed by atoms with Crippen molar-refractivity contribution in [2.24, 2.45) is 5.92 Å². The Hall–Kier alpha value is -0.700. The zero-order valence-electron chi connectivity index (χ0n) is 9.03. The molecule has 15 heavy (non-hydrogen) atoms. The second kappa shape index (κ2) is 6.01. The van der Waals surface area contributed by atoms with Crippen molar-refractivity contribution in [1.29, 1.82) is 0 Å². The van der Waals surface area contributed by atoms with E-state index in [-0.39, 0.29) is 6.04 Å². The molecule has 1 aliphatic rings. The van der Waals surface area contributed by atoms with Crippen LogP contribution < -0.4 is 0 Å². The minimum absolute atomic E-state index is 0.197. The van der Waals surface area contributed by atoms with Gasteiger partial charge in [0.1, 0.15) is 0 Å². The molecule has 1 aliphatic carbocycles. The van der Waals surface area contributed by atoms with E-state index >= 15 is 0 Å². The number of rotatable bonds is 3. The molecular formula is C11H18ClNO2. The van der Waals surface area contributed by atoms with Gasteiger partial charge in [-0.15, -0.1) is 11.6 Å². The third-order valence-corrected chi connectivity index (χ3v) is 3.27. The molecule has 86 valence electrons. The Morgan fingerprint density at radius 3 is 2.53 bits per heavy atom. The standard InChI is InChI=1S/C11H18ClNO2/c1-13(11(14)15)10-6-4-9(5-7-10)3-2-8-12/h2-3,9-10H,4-8H2,1H3,(H,14,15). The first-order valence-corrected chi connectivity index (χ1v) is 5.87. The minimum Gasteiger partial charge on any atom is -0.465 e. The fourth-order valence-corrected chi connectivity index (χ4v) is 2.18. The molecule has 0 aliphatic heterocycles. The van der Waals surface area contributed by atoms with Crippen molar-refractivity contribution in [2.45, 2.75) is 31.7 Å². The van der Waals surface area contributed by atoms with Gasteiger partial charge in [-0.3, -0.25) is 0 Å². The number of carbonyl (C=O) groups is 1. The monoisotopic (exact) mass is 231 g/mol. The summed E-state index contributed by atoms with van der Waals surface area (Å²) in [6.45, 7) is 0. The van der Waals surface area contributed by atoms with Gasteiger partial charge in [-0.1, -0.05) is 12.2 Å². The second-order valence-corrected chi connectivity index (χ2v) is 4.35. The first-order chi connectivity index (χ1) is 7.15. The molecule has 0 aromatic carbocycles. The molecule has 1 amide bonds. The summed E-state index contributed by atoms with van der Waals surface area (Å²) in [6, 6.07) is 0.197. The van der Waals surface area contributed by atoms with Crippen molar-refractivity contribution in [3.8, 4) is 0 Å².